The number of nitrogens with zero attached hydrogens (tertiary/aromatic N) is 3. The second-order valence-corrected chi connectivity index (χ2v) is 4.85. The first-order valence-corrected chi connectivity index (χ1v) is 7.01. The highest BCUT2D eigenvalue weighted by atomic mass is 15.3. The van der Waals surface area contributed by atoms with Crippen molar-refractivity contribution in [1.82, 2.24) is 15.0 Å². The van der Waals surface area contributed by atoms with Crippen molar-refractivity contribution >= 4 is 16.7 Å². The van der Waals surface area contributed by atoms with Crippen molar-refractivity contribution in [1.29, 1.82) is 0 Å². The minimum absolute atomic E-state index is 0.597. The minimum atomic E-state index is 0.597. The van der Waals surface area contributed by atoms with Crippen LogP contribution in [0.2, 0.25) is 0 Å². The van der Waals surface area contributed by atoms with E-state index in [0.717, 1.165) is 35.1 Å². The molecular formula is C16H17N5. The van der Waals surface area contributed by atoms with Gasteiger partial charge in [-0.25, -0.2) is 20.8 Å². The lowest BCUT2D eigenvalue weighted by atomic mass is 10.2. The van der Waals surface area contributed by atoms with Crippen LogP contribution in [0.5, 0.6) is 0 Å². The Hall–Kier alpha value is -2.53. The topological polar surface area (TPSA) is 76.7 Å². The van der Waals surface area contributed by atoms with E-state index in [1.165, 1.54) is 0 Å². The van der Waals surface area contributed by atoms with Gasteiger partial charge in [-0.1, -0.05) is 37.6 Å². The zero-order chi connectivity index (χ0) is 14.7. The van der Waals surface area contributed by atoms with Gasteiger partial charge in [0.1, 0.15) is 11.5 Å². The van der Waals surface area contributed by atoms with Gasteiger partial charge in [0, 0.05) is 17.1 Å². The van der Waals surface area contributed by atoms with E-state index in [9.17, 15) is 0 Å². The number of para-hydroxylation sites is 1. The maximum absolute atomic E-state index is 5.49. The number of aromatic nitrogens is 3. The van der Waals surface area contributed by atoms with Gasteiger partial charge < -0.3 is 5.43 Å². The average molecular weight is 279 g/mol. The van der Waals surface area contributed by atoms with E-state index in [1.54, 1.807) is 0 Å². The lowest BCUT2D eigenvalue weighted by Gasteiger charge is -2.07. The van der Waals surface area contributed by atoms with E-state index in [-0.39, 0.29) is 0 Å². The Bertz CT molecular complexity index is 769. The van der Waals surface area contributed by atoms with E-state index >= 15 is 0 Å². The first-order valence-electron chi connectivity index (χ1n) is 7.01. The number of nitrogens with one attached hydrogen (secondary N) is 1. The summed E-state index contributed by atoms with van der Waals surface area (Å²) in [6, 6.07) is 13.8. The number of aryl methyl sites for hydroxylation is 1. The van der Waals surface area contributed by atoms with Gasteiger partial charge in [-0.05, 0) is 18.6 Å². The van der Waals surface area contributed by atoms with Crippen molar-refractivity contribution < 1.29 is 0 Å². The van der Waals surface area contributed by atoms with E-state index in [4.69, 9.17) is 5.84 Å². The summed E-state index contributed by atoms with van der Waals surface area (Å²) in [4.78, 5) is 13.6. The summed E-state index contributed by atoms with van der Waals surface area (Å²) in [5, 5.41) is 1.10. The lowest BCUT2D eigenvalue weighted by Crippen LogP contribution is -2.10. The molecule has 0 spiro atoms. The van der Waals surface area contributed by atoms with E-state index in [2.05, 4.69) is 27.3 Å². The smallest absolute Gasteiger partial charge is 0.180 e. The molecule has 0 aliphatic heterocycles. The highest BCUT2D eigenvalue weighted by Gasteiger charge is 2.08. The zero-order valence-electron chi connectivity index (χ0n) is 11.9. The highest BCUT2D eigenvalue weighted by molar-refractivity contribution is 5.80. The number of hydrogen-bond acceptors (Lipinski definition) is 5. The molecule has 0 bridgehead atoms. The summed E-state index contributed by atoms with van der Waals surface area (Å²) < 4.78 is 0. The third-order valence-electron chi connectivity index (χ3n) is 3.26. The van der Waals surface area contributed by atoms with Crippen molar-refractivity contribution in [2.24, 2.45) is 5.84 Å². The van der Waals surface area contributed by atoms with Crippen LogP contribution >= 0.6 is 0 Å². The van der Waals surface area contributed by atoms with Gasteiger partial charge in [0.25, 0.3) is 0 Å². The number of anilines is 1. The number of pyridine rings is 1. The number of nitrogen functional groups attached to an aromatic ring is 1. The number of fused-ring (bicyclic) bond motifs is 1. The molecule has 0 aliphatic carbocycles. The molecule has 21 heavy (non-hydrogen) atoms. The number of nitrogens with two attached hydrogens (primary N) is 1. The normalized spacial score (nSPS) is 10.8. The van der Waals surface area contributed by atoms with Crippen molar-refractivity contribution in [3.8, 4) is 11.5 Å². The largest absolute Gasteiger partial charge is 0.308 e. The molecule has 0 saturated carbocycles. The molecule has 1 aromatic carbocycles. The first-order chi connectivity index (χ1) is 10.3. The van der Waals surface area contributed by atoms with Crippen LogP contribution in [-0.4, -0.2) is 15.0 Å². The molecular weight excluding hydrogens is 262 g/mol. The van der Waals surface area contributed by atoms with E-state index in [1.807, 2.05) is 42.5 Å². The molecule has 3 N–H and O–H groups in total. The molecule has 0 aliphatic rings. The molecule has 0 atom stereocenters. The first kappa shape index (κ1) is 13.5. The highest BCUT2D eigenvalue weighted by Crippen LogP contribution is 2.20. The molecule has 2 heterocycles. The van der Waals surface area contributed by atoms with Gasteiger partial charge in [0.15, 0.2) is 5.82 Å². The molecule has 0 radical (unpaired) electrons. The standard InChI is InChI=1S/C16H17N5/c1-2-5-12-10-15(21-17)20-16(18-12)14-9-8-11-6-3-4-7-13(11)19-14/h3-4,6-10H,2,5,17H2,1H3,(H,18,20,21). The predicted molar refractivity (Wildman–Crippen MR) is 84.6 cm³/mol. The number of rotatable bonds is 4. The quantitative estimate of drug-likeness (QED) is 0.567. The summed E-state index contributed by atoms with van der Waals surface area (Å²) in [6.45, 7) is 2.12. The molecule has 106 valence electrons. The van der Waals surface area contributed by atoms with Crippen molar-refractivity contribution in [3.63, 3.8) is 0 Å². The maximum Gasteiger partial charge on any atom is 0.180 e. The molecule has 0 saturated heterocycles. The minimum Gasteiger partial charge on any atom is -0.308 e. The van der Waals surface area contributed by atoms with Crippen LogP contribution in [-0.2, 0) is 6.42 Å². The van der Waals surface area contributed by atoms with Gasteiger partial charge in [-0.2, -0.15) is 0 Å². The van der Waals surface area contributed by atoms with Gasteiger partial charge >= 0.3 is 0 Å². The van der Waals surface area contributed by atoms with Crippen LogP contribution in [0.3, 0.4) is 0 Å². The van der Waals surface area contributed by atoms with Crippen LogP contribution in [0.15, 0.2) is 42.5 Å². The van der Waals surface area contributed by atoms with Crippen LogP contribution in [0, 0.1) is 0 Å². The Labute approximate surface area is 123 Å². The summed E-state index contributed by atoms with van der Waals surface area (Å²) in [7, 11) is 0. The summed E-state index contributed by atoms with van der Waals surface area (Å²) in [5.74, 6) is 6.70. The fourth-order valence-electron chi connectivity index (χ4n) is 2.26. The summed E-state index contributed by atoms with van der Waals surface area (Å²) in [6.07, 6.45) is 1.91. The van der Waals surface area contributed by atoms with Gasteiger partial charge in [-0.15, -0.1) is 0 Å². The number of benzene rings is 1. The van der Waals surface area contributed by atoms with Crippen LogP contribution in [0.25, 0.3) is 22.4 Å². The Morgan fingerprint density at radius 2 is 1.90 bits per heavy atom. The molecule has 5 nitrogen and oxygen atoms in total. The Morgan fingerprint density at radius 3 is 2.71 bits per heavy atom. The van der Waals surface area contributed by atoms with Crippen molar-refractivity contribution in [2.45, 2.75) is 19.8 Å². The molecule has 0 amide bonds. The van der Waals surface area contributed by atoms with Crippen LogP contribution in [0.4, 0.5) is 5.82 Å². The van der Waals surface area contributed by atoms with E-state index in [0.29, 0.717) is 11.6 Å². The summed E-state index contributed by atoms with van der Waals surface area (Å²) >= 11 is 0. The van der Waals surface area contributed by atoms with E-state index < -0.39 is 0 Å². The molecule has 3 aromatic rings. The summed E-state index contributed by atoms with van der Waals surface area (Å²) in [5.41, 5.74) is 5.24. The Morgan fingerprint density at radius 1 is 1.05 bits per heavy atom. The Kier molecular flexibility index (Phi) is 3.75. The zero-order valence-corrected chi connectivity index (χ0v) is 11.9. The Balaban J connectivity index is 2.10. The number of hydrazine groups is 1. The molecule has 0 fully saturated rings. The fraction of sp³-hybridized carbons (Fsp3) is 0.188. The van der Waals surface area contributed by atoms with Gasteiger partial charge in [-0.3, -0.25) is 0 Å². The van der Waals surface area contributed by atoms with Crippen molar-refractivity contribution in [2.75, 3.05) is 5.43 Å². The fourth-order valence-corrected chi connectivity index (χ4v) is 2.26. The molecule has 5 heteroatoms. The molecule has 2 aromatic heterocycles. The van der Waals surface area contributed by atoms with Gasteiger partial charge in [0.05, 0.1) is 5.52 Å². The monoisotopic (exact) mass is 279 g/mol. The molecule has 3 rings (SSSR count). The second kappa shape index (κ2) is 5.85. The van der Waals surface area contributed by atoms with Crippen LogP contribution in [0.1, 0.15) is 19.0 Å². The average Bonchev–Trinajstić information content (AvgIpc) is 2.54. The SMILES string of the molecule is CCCc1cc(NN)nc(-c2ccc3ccccc3n2)n1. The second-order valence-electron chi connectivity index (χ2n) is 4.85. The lowest BCUT2D eigenvalue weighted by molar-refractivity contribution is 0.874. The van der Waals surface area contributed by atoms with Crippen molar-refractivity contribution in [3.05, 3.63) is 48.2 Å². The third-order valence-corrected chi connectivity index (χ3v) is 3.26. The van der Waals surface area contributed by atoms with Gasteiger partial charge in [0.2, 0.25) is 0 Å². The van der Waals surface area contributed by atoms with Crippen LogP contribution < -0.4 is 11.3 Å². The third kappa shape index (κ3) is 2.83. The number of hydrogen-bond donors (Lipinski definition) is 2. The maximum atomic E-state index is 5.49. The predicted octanol–water partition coefficient (Wildman–Crippen LogP) is 2.93. The molecule has 0 unspecified atom stereocenters.